The number of amides is 2. The Morgan fingerprint density at radius 3 is 2.48 bits per heavy atom. The number of hydrogen-bond donors (Lipinski definition) is 5. The van der Waals surface area contributed by atoms with Gasteiger partial charge in [-0.15, -0.1) is 0 Å². The highest BCUT2D eigenvalue weighted by Gasteiger charge is 2.38. The number of nitrogens with zero attached hydrogens (tertiary/aromatic N) is 1. The number of fused-ring (bicyclic) bond motifs is 10. The molecule has 13 heteroatoms. The number of anilines is 3. The predicted molar refractivity (Wildman–Crippen MR) is 150 cm³/mol. The van der Waals surface area contributed by atoms with E-state index in [-0.39, 0.29) is 12.5 Å². The van der Waals surface area contributed by atoms with E-state index in [9.17, 15) is 22.8 Å². The molecule has 1 aromatic heterocycles. The van der Waals surface area contributed by atoms with Crippen LogP contribution in [0.5, 0.6) is 0 Å². The summed E-state index contributed by atoms with van der Waals surface area (Å²) in [6, 6.07) is 22.0. The molecule has 3 heterocycles. The molecule has 1 atom stereocenters. The van der Waals surface area contributed by atoms with Crippen LogP contribution < -0.4 is 21.7 Å². The van der Waals surface area contributed by atoms with Crippen LogP contribution >= 0.6 is 0 Å². The average Bonchev–Trinajstić information content (AvgIpc) is 2.95. The van der Waals surface area contributed by atoms with E-state index >= 15 is 0 Å². The Kier molecular flexibility index (Phi) is 9.10. The number of carbonyl (C=O) groups is 3. The molecule has 0 saturated heterocycles. The highest BCUT2D eigenvalue weighted by atomic mass is 19.4. The van der Waals surface area contributed by atoms with Crippen LogP contribution in [-0.2, 0) is 27.3 Å². The van der Waals surface area contributed by atoms with Crippen molar-refractivity contribution in [2.45, 2.75) is 25.2 Å². The standard InChI is InChI=1S/C27H25N5O3.C2HF3O2/c28-25-23-9-8-22(15-20(23)10-12-29-25)31-24-19-6-4-17(5-7-19)11-13-35-27(34)32-21-3-1-2-18(14-21)16-30-26(24)33;3-2(4,5)1(6)7/h1-10,12,14-15,24,31H,11,13,16H2,(H2,28,29)(H,30,33)(H,32,34);(H,6,7). The van der Waals surface area contributed by atoms with Gasteiger partial charge in [0, 0.05) is 35.9 Å². The molecule has 0 radical (unpaired) electrons. The lowest BCUT2D eigenvalue weighted by molar-refractivity contribution is -0.192. The molecule has 6 N–H and O–H groups in total. The van der Waals surface area contributed by atoms with Gasteiger partial charge in [-0.05, 0) is 58.5 Å². The van der Waals surface area contributed by atoms with Crippen molar-refractivity contribution in [3.63, 3.8) is 0 Å². The number of hydrogen-bond acceptors (Lipinski definition) is 7. The number of aliphatic carboxylic acids is 1. The first-order valence-electron chi connectivity index (χ1n) is 12.6. The van der Waals surface area contributed by atoms with Gasteiger partial charge in [0.15, 0.2) is 0 Å². The van der Waals surface area contributed by atoms with E-state index in [0.717, 1.165) is 33.2 Å². The molecule has 0 spiro atoms. The summed E-state index contributed by atoms with van der Waals surface area (Å²) >= 11 is 0. The Labute approximate surface area is 237 Å². The van der Waals surface area contributed by atoms with Gasteiger partial charge in [0.2, 0.25) is 5.91 Å². The van der Waals surface area contributed by atoms with E-state index in [1.165, 1.54) is 0 Å². The molecule has 4 aromatic rings. The number of benzene rings is 3. The smallest absolute Gasteiger partial charge is 0.475 e. The zero-order valence-electron chi connectivity index (χ0n) is 21.9. The summed E-state index contributed by atoms with van der Waals surface area (Å²) in [4.78, 5) is 38.5. The molecular weight excluding hydrogens is 555 g/mol. The van der Waals surface area contributed by atoms with Crippen molar-refractivity contribution < 1.29 is 37.4 Å². The molecule has 2 aliphatic heterocycles. The number of pyridine rings is 1. The molecule has 2 aliphatic rings. The Bertz CT molecular complexity index is 1600. The van der Waals surface area contributed by atoms with Crippen molar-refractivity contribution in [2.24, 2.45) is 0 Å². The molecule has 1 unspecified atom stereocenters. The van der Waals surface area contributed by atoms with Gasteiger partial charge in [-0.3, -0.25) is 10.1 Å². The molecule has 0 fully saturated rings. The number of rotatable bonds is 2. The Morgan fingerprint density at radius 1 is 1.02 bits per heavy atom. The van der Waals surface area contributed by atoms with E-state index in [4.69, 9.17) is 20.4 Å². The minimum Gasteiger partial charge on any atom is -0.475 e. The van der Waals surface area contributed by atoms with Crippen molar-refractivity contribution in [2.75, 3.05) is 23.0 Å². The van der Waals surface area contributed by atoms with Crippen LogP contribution in [0.2, 0.25) is 0 Å². The van der Waals surface area contributed by atoms with Crippen molar-refractivity contribution in [3.05, 3.63) is 95.7 Å². The highest BCUT2D eigenvalue weighted by molar-refractivity contribution is 5.94. The summed E-state index contributed by atoms with van der Waals surface area (Å²) in [7, 11) is 0. The first-order valence-corrected chi connectivity index (χ1v) is 12.6. The Balaban J connectivity index is 0.000000517. The number of halogens is 3. The molecule has 6 rings (SSSR count). The lowest BCUT2D eigenvalue weighted by Crippen LogP contribution is -2.33. The van der Waals surface area contributed by atoms with E-state index in [1.807, 2.05) is 66.7 Å². The zero-order valence-corrected chi connectivity index (χ0v) is 21.9. The van der Waals surface area contributed by atoms with E-state index in [0.29, 0.717) is 24.5 Å². The maximum Gasteiger partial charge on any atom is 0.490 e. The number of nitrogens with one attached hydrogen (secondary N) is 3. The number of carboxylic acid groups (broad SMARTS) is 1. The molecular formula is C29H26F3N5O5. The van der Waals surface area contributed by atoms with Crippen LogP contribution in [0.15, 0.2) is 79.0 Å². The topological polar surface area (TPSA) is 156 Å². The van der Waals surface area contributed by atoms with Crippen LogP contribution in [-0.4, -0.2) is 40.8 Å². The van der Waals surface area contributed by atoms with Crippen molar-refractivity contribution in [1.29, 1.82) is 0 Å². The van der Waals surface area contributed by atoms with Crippen LogP contribution in [0.3, 0.4) is 0 Å². The van der Waals surface area contributed by atoms with Crippen LogP contribution in [0, 0.1) is 0 Å². The molecule has 2 amide bonds. The monoisotopic (exact) mass is 581 g/mol. The molecule has 10 nitrogen and oxygen atoms in total. The molecule has 0 aliphatic carbocycles. The second kappa shape index (κ2) is 12.9. The summed E-state index contributed by atoms with van der Waals surface area (Å²) in [5.74, 6) is -2.46. The Hall–Kier alpha value is -5.33. The number of ether oxygens (including phenoxy) is 1. The minimum atomic E-state index is -5.08. The van der Waals surface area contributed by atoms with E-state index in [2.05, 4.69) is 20.9 Å². The fourth-order valence-corrected chi connectivity index (χ4v) is 4.10. The molecule has 42 heavy (non-hydrogen) atoms. The van der Waals surface area contributed by atoms with E-state index < -0.39 is 24.3 Å². The van der Waals surface area contributed by atoms with Crippen molar-refractivity contribution >= 4 is 45.9 Å². The molecule has 0 saturated carbocycles. The van der Waals surface area contributed by atoms with Crippen LogP contribution in [0.1, 0.15) is 22.7 Å². The summed E-state index contributed by atoms with van der Waals surface area (Å²) < 4.78 is 37.0. The number of alkyl halides is 3. The van der Waals surface area contributed by atoms with Gasteiger partial charge in [0.05, 0.1) is 6.61 Å². The number of nitrogen functional groups attached to an aromatic ring is 1. The van der Waals surface area contributed by atoms with Gasteiger partial charge >= 0.3 is 18.2 Å². The third-order valence-corrected chi connectivity index (χ3v) is 6.19. The average molecular weight is 582 g/mol. The minimum absolute atomic E-state index is 0.169. The summed E-state index contributed by atoms with van der Waals surface area (Å²) in [6.07, 6.45) is -3.36. The lowest BCUT2D eigenvalue weighted by Gasteiger charge is -2.21. The number of nitrogens with two attached hydrogens (primary N) is 1. The van der Waals surface area contributed by atoms with Crippen molar-refractivity contribution in [1.82, 2.24) is 10.3 Å². The lowest BCUT2D eigenvalue weighted by atomic mass is 10.0. The van der Waals surface area contributed by atoms with Gasteiger partial charge in [-0.2, -0.15) is 13.2 Å². The largest absolute Gasteiger partial charge is 0.490 e. The SMILES string of the molecule is Nc1nccc2cc(NC3C(=O)NCc4cccc(c4)NC(=O)OCCc4ccc3cc4)ccc12.O=C(O)C(F)(F)F. The van der Waals surface area contributed by atoms with Gasteiger partial charge < -0.3 is 26.2 Å². The van der Waals surface area contributed by atoms with Crippen molar-refractivity contribution in [3.8, 4) is 0 Å². The molecule has 3 aromatic carbocycles. The van der Waals surface area contributed by atoms with Gasteiger partial charge in [-0.1, -0.05) is 36.4 Å². The highest BCUT2D eigenvalue weighted by Crippen LogP contribution is 2.26. The maximum atomic E-state index is 13.4. The fourth-order valence-electron chi connectivity index (χ4n) is 4.10. The van der Waals surface area contributed by atoms with Gasteiger partial charge in [0.25, 0.3) is 0 Å². The van der Waals surface area contributed by atoms with E-state index in [1.54, 1.807) is 12.3 Å². The van der Waals surface area contributed by atoms with Gasteiger partial charge in [-0.25, -0.2) is 14.6 Å². The van der Waals surface area contributed by atoms with Crippen LogP contribution in [0.4, 0.5) is 35.2 Å². The van der Waals surface area contributed by atoms with Crippen LogP contribution in [0.25, 0.3) is 10.8 Å². The summed E-state index contributed by atoms with van der Waals surface area (Å²) in [6.45, 7) is 0.557. The Morgan fingerprint density at radius 2 is 1.76 bits per heavy atom. The quantitative estimate of drug-likeness (QED) is 0.221. The maximum absolute atomic E-state index is 13.4. The summed E-state index contributed by atoms with van der Waals surface area (Å²) in [5.41, 5.74) is 10.1. The second-order valence-electron chi connectivity index (χ2n) is 9.18. The van der Waals surface area contributed by atoms with Gasteiger partial charge in [0.1, 0.15) is 11.9 Å². The first kappa shape index (κ1) is 29.6. The first-order chi connectivity index (χ1) is 20.0. The number of aromatic nitrogens is 1. The fraction of sp³-hybridized carbons (Fsp3) is 0.172. The molecule has 4 bridgehead atoms. The number of carbonyl (C=O) groups excluding carboxylic acids is 2. The normalized spacial score (nSPS) is 15.5. The second-order valence-corrected chi connectivity index (χ2v) is 9.18. The third-order valence-electron chi connectivity index (χ3n) is 6.19. The third kappa shape index (κ3) is 7.87. The zero-order chi connectivity index (χ0) is 30.3. The summed E-state index contributed by atoms with van der Waals surface area (Å²) in [5, 5.41) is 18.0. The number of carboxylic acids is 1. The predicted octanol–water partition coefficient (Wildman–Crippen LogP) is 5.02. The molecule has 218 valence electrons.